The van der Waals surface area contributed by atoms with Crippen LogP contribution in [-0.4, -0.2) is 17.3 Å². The molecule has 0 aliphatic carbocycles. The smallest absolute Gasteiger partial charge is 0.474 e. The van der Waals surface area contributed by atoms with Gasteiger partial charge in [0.2, 0.25) is 0 Å². The minimum absolute atomic E-state index is 0. The molecule has 3 nitrogen and oxygen atoms in total. The van der Waals surface area contributed by atoms with Crippen molar-refractivity contribution in [3.63, 3.8) is 0 Å². The normalized spacial score (nSPS) is 10.2. The summed E-state index contributed by atoms with van der Waals surface area (Å²) in [4.78, 5) is 4.69. The number of rotatable bonds is 1. The summed E-state index contributed by atoms with van der Waals surface area (Å²) in [6.07, 6.45) is 0. The molecule has 5 heteroatoms. The van der Waals surface area contributed by atoms with Crippen molar-refractivity contribution in [2.24, 2.45) is 0 Å². The van der Waals surface area contributed by atoms with Gasteiger partial charge in [-0.2, -0.15) is 0 Å². The van der Waals surface area contributed by atoms with Gasteiger partial charge in [0.15, 0.2) is 0 Å². The fourth-order valence-corrected chi connectivity index (χ4v) is 2.39. The molecule has 0 radical (unpaired) electrons. The molecule has 0 aliphatic rings. The van der Waals surface area contributed by atoms with Gasteiger partial charge in [-0.3, -0.25) is 0 Å². The predicted molar refractivity (Wildman–Crippen MR) is 87.2 cm³/mol. The van der Waals surface area contributed by atoms with E-state index in [1.54, 1.807) is 7.11 Å². The number of aryl methyl sites for hydroxylation is 1. The second kappa shape index (κ2) is 6.71. The topological polar surface area (TPSA) is 34.1 Å². The van der Waals surface area contributed by atoms with Crippen LogP contribution in [-0.2, 0) is 4.74 Å². The molecule has 0 unspecified atom stereocenters. The van der Waals surface area contributed by atoms with Gasteiger partial charge in [-0.05, 0) is 37.3 Å². The minimum Gasteiger partial charge on any atom is -0.474 e. The zero-order valence-electron chi connectivity index (χ0n) is 12.3. The number of hydrogen-bond acceptors (Lipinski definition) is 3. The molecule has 3 aromatic rings. The van der Waals surface area contributed by atoms with Gasteiger partial charge in [0, 0.05) is 10.8 Å². The molecule has 0 spiro atoms. The number of fused-ring (bicyclic) bond motifs is 2. The number of ether oxygens (including phenoxy) is 1. The number of pyridine rings is 1. The number of aromatic nitrogens is 1. The Morgan fingerprint density at radius 1 is 1.10 bits per heavy atom. The number of thiocarbonyl (C=S) groups is 1. The van der Waals surface area contributed by atoms with E-state index in [0.717, 1.165) is 27.5 Å². The first-order chi connectivity index (χ1) is 9.69. The van der Waals surface area contributed by atoms with Gasteiger partial charge in [0.1, 0.15) is 0 Å². The summed E-state index contributed by atoms with van der Waals surface area (Å²) < 4.78 is 5.08. The van der Waals surface area contributed by atoms with Crippen LogP contribution in [0.25, 0.3) is 21.8 Å². The van der Waals surface area contributed by atoms with Crippen molar-refractivity contribution in [3.8, 4) is 0 Å². The first kappa shape index (κ1) is 16.2. The van der Waals surface area contributed by atoms with E-state index in [1.807, 2.05) is 30.3 Å². The van der Waals surface area contributed by atoms with Gasteiger partial charge in [-0.25, -0.2) is 4.98 Å². The summed E-state index contributed by atoms with van der Waals surface area (Å²) in [7, 11) is 1.56. The molecular formula is C16H14N2NaOS+. The van der Waals surface area contributed by atoms with Crippen molar-refractivity contribution in [2.45, 2.75) is 6.92 Å². The summed E-state index contributed by atoms with van der Waals surface area (Å²) in [5.41, 5.74) is 4.00. The van der Waals surface area contributed by atoms with Gasteiger partial charge in [0.25, 0.3) is 5.17 Å². The van der Waals surface area contributed by atoms with Crippen LogP contribution in [0.15, 0.2) is 42.5 Å². The van der Waals surface area contributed by atoms with Gasteiger partial charge in [-0.1, -0.05) is 29.8 Å². The Kier molecular flexibility index (Phi) is 5.17. The first-order valence-electron chi connectivity index (χ1n) is 6.33. The molecular weight excluding hydrogens is 291 g/mol. The molecule has 0 fully saturated rings. The zero-order chi connectivity index (χ0) is 14.1. The van der Waals surface area contributed by atoms with Crippen molar-refractivity contribution in [1.82, 2.24) is 4.98 Å². The molecule has 0 saturated carbocycles. The van der Waals surface area contributed by atoms with E-state index in [1.165, 1.54) is 5.56 Å². The van der Waals surface area contributed by atoms with Gasteiger partial charge in [0.05, 0.1) is 23.8 Å². The third kappa shape index (κ3) is 3.19. The van der Waals surface area contributed by atoms with Gasteiger partial charge < -0.3 is 10.1 Å². The van der Waals surface area contributed by atoms with Crippen LogP contribution in [0.5, 0.6) is 0 Å². The maximum atomic E-state index is 5.14. The first-order valence-corrected chi connectivity index (χ1v) is 6.74. The van der Waals surface area contributed by atoms with E-state index >= 15 is 0 Å². The summed E-state index contributed by atoms with van der Waals surface area (Å²) in [5, 5.41) is 5.60. The maximum absolute atomic E-state index is 5.14. The largest absolute Gasteiger partial charge is 1.00 e. The molecule has 1 aromatic heterocycles. The maximum Gasteiger partial charge on any atom is 1.00 e. The number of nitrogens with one attached hydrogen (secondary N) is 1. The number of anilines is 1. The fourth-order valence-electron chi connectivity index (χ4n) is 2.29. The summed E-state index contributed by atoms with van der Waals surface area (Å²) in [6, 6.07) is 14.2. The fraction of sp³-hybridized carbons (Fsp3) is 0.125. The standard InChI is InChI=1S/C16H14N2OS.Na/c1-10-7-8-14-12(9-10)15(18-16(20)19-2)11-5-3-4-6-13(11)17-14;/h3-9H,1-2H3,(H,17,18,20);/q;+1. The quantitative estimate of drug-likeness (QED) is 0.414. The molecule has 2 aromatic carbocycles. The van der Waals surface area contributed by atoms with E-state index in [9.17, 15) is 0 Å². The van der Waals surface area contributed by atoms with Crippen molar-refractivity contribution >= 4 is 44.9 Å². The third-order valence-corrected chi connectivity index (χ3v) is 3.52. The molecule has 0 bridgehead atoms. The van der Waals surface area contributed by atoms with E-state index < -0.39 is 0 Å². The zero-order valence-corrected chi connectivity index (χ0v) is 15.1. The van der Waals surface area contributed by atoms with Gasteiger partial charge in [-0.15, -0.1) is 0 Å². The van der Waals surface area contributed by atoms with Crippen LogP contribution in [0, 0.1) is 6.92 Å². The Hall–Kier alpha value is -1.20. The van der Waals surface area contributed by atoms with E-state index in [2.05, 4.69) is 29.4 Å². The van der Waals surface area contributed by atoms with Crippen LogP contribution >= 0.6 is 12.2 Å². The number of methoxy groups -OCH3 is 1. The van der Waals surface area contributed by atoms with E-state index in [-0.39, 0.29) is 29.6 Å². The number of benzene rings is 2. The van der Waals surface area contributed by atoms with Crippen molar-refractivity contribution in [2.75, 3.05) is 12.4 Å². The third-order valence-electron chi connectivity index (χ3n) is 3.25. The van der Waals surface area contributed by atoms with Gasteiger partial charge >= 0.3 is 29.6 Å². The van der Waals surface area contributed by atoms with Crippen LogP contribution in [0.4, 0.5) is 5.69 Å². The van der Waals surface area contributed by atoms with Crippen LogP contribution < -0.4 is 34.9 Å². The Bertz CT molecular complexity index is 820. The van der Waals surface area contributed by atoms with E-state index in [0.29, 0.717) is 5.17 Å². The molecule has 0 amide bonds. The molecule has 0 aliphatic heterocycles. The molecule has 21 heavy (non-hydrogen) atoms. The number of nitrogens with zero attached hydrogens (tertiary/aromatic N) is 1. The van der Waals surface area contributed by atoms with Crippen molar-refractivity contribution in [1.29, 1.82) is 0 Å². The second-order valence-corrected chi connectivity index (χ2v) is 5.01. The van der Waals surface area contributed by atoms with Crippen LogP contribution in [0.3, 0.4) is 0 Å². The molecule has 100 valence electrons. The Morgan fingerprint density at radius 3 is 2.57 bits per heavy atom. The Morgan fingerprint density at radius 2 is 1.81 bits per heavy atom. The van der Waals surface area contributed by atoms with E-state index in [4.69, 9.17) is 17.0 Å². The molecule has 3 rings (SSSR count). The Labute approximate surface area is 151 Å². The predicted octanol–water partition coefficient (Wildman–Crippen LogP) is 1.04. The monoisotopic (exact) mass is 305 g/mol. The minimum atomic E-state index is 0. The summed E-state index contributed by atoms with van der Waals surface area (Å²) in [6.45, 7) is 2.06. The molecule has 1 N–H and O–H groups in total. The average molecular weight is 305 g/mol. The number of hydrogen-bond donors (Lipinski definition) is 1. The molecule has 0 atom stereocenters. The van der Waals surface area contributed by atoms with Crippen LogP contribution in [0.2, 0.25) is 0 Å². The van der Waals surface area contributed by atoms with Crippen molar-refractivity contribution < 1.29 is 34.3 Å². The van der Waals surface area contributed by atoms with Crippen LogP contribution in [0.1, 0.15) is 5.56 Å². The second-order valence-electron chi connectivity index (χ2n) is 4.64. The SMILES string of the molecule is COC(=S)Nc1c2ccccc2nc2ccc(C)cc12.[Na+]. The average Bonchev–Trinajstić information content (AvgIpc) is 2.47. The molecule has 0 saturated heterocycles. The summed E-state index contributed by atoms with van der Waals surface area (Å²) in [5.74, 6) is 0. The number of para-hydroxylation sites is 1. The molecule has 1 heterocycles. The van der Waals surface area contributed by atoms with Crippen molar-refractivity contribution in [3.05, 3.63) is 48.0 Å². The Balaban J connectivity index is 0.00000161. The summed E-state index contributed by atoms with van der Waals surface area (Å²) >= 11 is 5.14.